The molecule has 0 amide bonds. The van der Waals surface area contributed by atoms with Gasteiger partial charge >= 0.3 is 0 Å². The van der Waals surface area contributed by atoms with Crippen LogP contribution in [0, 0.1) is 5.92 Å². The van der Waals surface area contributed by atoms with Gasteiger partial charge < -0.3 is 5.32 Å². The number of nitrogens with one attached hydrogen (secondary N) is 1. The van der Waals surface area contributed by atoms with Gasteiger partial charge in [0, 0.05) is 18.1 Å². The summed E-state index contributed by atoms with van der Waals surface area (Å²) in [5.74, 6) is 0.892. The van der Waals surface area contributed by atoms with Crippen molar-refractivity contribution in [2.45, 2.75) is 70.9 Å². The molecule has 0 saturated heterocycles. The minimum atomic E-state index is 0.323. The molecule has 1 unspecified atom stereocenters. The van der Waals surface area contributed by atoms with Crippen LogP contribution >= 0.6 is 0 Å². The Bertz CT molecular complexity index is 207. The summed E-state index contributed by atoms with van der Waals surface area (Å²) in [6, 6.07) is 0.672. The lowest BCUT2D eigenvalue weighted by atomic mass is 9.83. The average molecular weight is 240 g/mol. The quantitative estimate of drug-likeness (QED) is 0.766. The van der Waals surface area contributed by atoms with E-state index in [9.17, 15) is 0 Å². The maximum Gasteiger partial charge on any atom is 0.0220 e. The SMILES string of the molecule is CCC(C)(C)N(C)CC(NC)C1CCCCC1. The van der Waals surface area contributed by atoms with Gasteiger partial charge in [0.05, 0.1) is 0 Å². The topological polar surface area (TPSA) is 15.3 Å². The van der Waals surface area contributed by atoms with Crippen molar-refractivity contribution in [1.29, 1.82) is 0 Å². The zero-order valence-corrected chi connectivity index (χ0v) is 12.6. The highest BCUT2D eigenvalue weighted by molar-refractivity contribution is 4.85. The van der Waals surface area contributed by atoms with Gasteiger partial charge in [0.2, 0.25) is 0 Å². The normalized spacial score (nSPS) is 20.8. The van der Waals surface area contributed by atoms with E-state index in [0.717, 1.165) is 5.92 Å². The number of hydrogen-bond acceptors (Lipinski definition) is 2. The summed E-state index contributed by atoms with van der Waals surface area (Å²) in [4.78, 5) is 2.53. The van der Waals surface area contributed by atoms with Gasteiger partial charge in [-0.15, -0.1) is 0 Å². The molecule has 2 nitrogen and oxygen atoms in total. The van der Waals surface area contributed by atoms with E-state index in [2.05, 4.69) is 45.1 Å². The standard InChI is InChI=1S/C15H32N2/c1-6-15(2,3)17(5)12-14(16-4)13-10-8-7-9-11-13/h13-14,16H,6-12H2,1-5H3. The van der Waals surface area contributed by atoms with E-state index in [1.54, 1.807) is 0 Å². The molecule has 1 aliphatic carbocycles. The van der Waals surface area contributed by atoms with Crippen LogP contribution in [0.2, 0.25) is 0 Å². The highest BCUT2D eigenvalue weighted by Crippen LogP contribution is 2.28. The molecule has 1 rings (SSSR count). The second kappa shape index (κ2) is 6.75. The van der Waals surface area contributed by atoms with Gasteiger partial charge in [-0.05, 0) is 53.1 Å². The summed E-state index contributed by atoms with van der Waals surface area (Å²) in [6.07, 6.45) is 8.37. The molecule has 17 heavy (non-hydrogen) atoms. The van der Waals surface area contributed by atoms with Crippen molar-refractivity contribution in [3.05, 3.63) is 0 Å². The van der Waals surface area contributed by atoms with Crippen molar-refractivity contribution in [3.8, 4) is 0 Å². The molecule has 1 fully saturated rings. The second-order valence-electron chi connectivity index (χ2n) is 6.34. The summed E-state index contributed by atoms with van der Waals surface area (Å²) in [6.45, 7) is 8.16. The van der Waals surface area contributed by atoms with Gasteiger partial charge in [0.1, 0.15) is 0 Å². The van der Waals surface area contributed by atoms with Gasteiger partial charge in [-0.1, -0.05) is 26.2 Å². The molecule has 102 valence electrons. The Morgan fingerprint density at radius 1 is 1.24 bits per heavy atom. The monoisotopic (exact) mass is 240 g/mol. The van der Waals surface area contributed by atoms with Crippen molar-refractivity contribution in [2.24, 2.45) is 5.92 Å². The Morgan fingerprint density at radius 3 is 2.29 bits per heavy atom. The van der Waals surface area contributed by atoms with Gasteiger partial charge in [0.25, 0.3) is 0 Å². The largest absolute Gasteiger partial charge is 0.315 e. The van der Waals surface area contributed by atoms with E-state index in [0.29, 0.717) is 11.6 Å². The number of hydrogen-bond donors (Lipinski definition) is 1. The molecular weight excluding hydrogens is 208 g/mol. The summed E-state index contributed by atoms with van der Waals surface area (Å²) in [5, 5.41) is 3.56. The van der Waals surface area contributed by atoms with Crippen molar-refractivity contribution in [1.82, 2.24) is 10.2 Å². The smallest absolute Gasteiger partial charge is 0.0220 e. The maximum atomic E-state index is 3.56. The Labute approximate surface area is 108 Å². The van der Waals surface area contributed by atoms with Crippen molar-refractivity contribution >= 4 is 0 Å². The van der Waals surface area contributed by atoms with Crippen LogP contribution in [0.1, 0.15) is 59.3 Å². The molecule has 1 atom stereocenters. The molecule has 0 bridgehead atoms. The molecule has 0 aliphatic heterocycles. The predicted octanol–water partition coefficient (Wildman–Crippen LogP) is 3.28. The first-order valence-corrected chi connectivity index (χ1v) is 7.39. The fourth-order valence-electron chi connectivity index (χ4n) is 2.82. The molecule has 0 spiro atoms. The number of likely N-dealkylation sites (N-methyl/N-ethyl adjacent to an activating group) is 2. The summed E-state index contributed by atoms with van der Waals surface area (Å²) >= 11 is 0. The van der Waals surface area contributed by atoms with Gasteiger partial charge in [0.15, 0.2) is 0 Å². The van der Waals surface area contributed by atoms with Crippen LogP contribution in [-0.4, -0.2) is 37.1 Å². The Balaban J connectivity index is 2.50. The van der Waals surface area contributed by atoms with Crippen LogP contribution < -0.4 is 5.32 Å². The molecule has 1 saturated carbocycles. The van der Waals surface area contributed by atoms with Crippen LogP contribution in [0.5, 0.6) is 0 Å². The number of nitrogens with zero attached hydrogens (tertiary/aromatic N) is 1. The van der Waals surface area contributed by atoms with Crippen LogP contribution in [0.4, 0.5) is 0 Å². The van der Waals surface area contributed by atoms with E-state index in [1.807, 2.05) is 0 Å². The summed E-state index contributed by atoms with van der Waals surface area (Å²) in [5.41, 5.74) is 0.323. The lowest BCUT2D eigenvalue weighted by molar-refractivity contribution is 0.115. The molecule has 0 aromatic rings. The van der Waals surface area contributed by atoms with E-state index < -0.39 is 0 Å². The molecule has 0 aromatic carbocycles. The average Bonchev–Trinajstić information content (AvgIpc) is 2.36. The van der Waals surface area contributed by atoms with Crippen LogP contribution in [0.3, 0.4) is 0 Å². The first-order valence-electron chi connectivity index (χ1n) is 7.39. The molecular formula is C15H32N2. The van der Waals surface area contributed by atoms with Gasteiger partial charge in [-0.3, -0.25) is 4.90 Å². The zero-order chi connectivity index (χ0) is 12.9. The zero-order valence-electron chi connectivity index (χ0n) is 12.6. The maximum absolute atomic E-state index is 3.56. The van der Waals surface area contributed by atoms with Crippen LogP contribution in [0.15, 0.2) is 0 Å². The van der Waals surface area contributed by atoms with E-state index in [-0.39, 0.29) is 0 Å². The molecule has 0 aromatic heterocycles. The first kappa shape index (κ1) is 15.0. The van der Waals surface area contributed by atoms with Crippen molar-refractivity contribution < 1.29 is 0 Å². The lowest BCUT2D eigenvalue weighted by Gasteiger charge is -2.40. The summed E-state index contributed by atoms with van der Waals surface area (Å²) < 4.78 is 0. The van der Waals surface area contributed by atoms with E-state index >= 15 is 0 Å². The summed E-state index contributed by atoms with van der Waals surface area (Å²) in [7, 11) is 4.41. The Hall–Kier alpha value is -0.0800. The van der Waals surface area contributed by atoms with Crippen molar-refractivity contribution in [3.63, 3.8) is 0 Å². The predicted molar refractivity (Wildman–Crippen MR) is 76.4 cm³/mol. The lowest BCUT2D eigenvalue weighted by Crippen LogP contribution is -2.50. The minimum Gasteiger partial charge on any atom is -0.315 e. The minimum absolute atomic E-state index is 0.323. The van der Waals surface area contributed by atoms with Crippen molar-refractivity contribution in [2.75, 3.05) is 20.6 Å². The molecule has 1 aliphatic rings. The molecule has 2 heteroatoms. The van der Waals surface area contributed by atoms with E-state index in [4.69, 9.17) is 0 Å². The highest BCUT2D eigenvalue weighted by atomic mass is 15.2. The van der Waals surface area contributed by atoms with Crippen LogP contribution in [-0.2, 0) is 0 Å². The fourth-order valence-corrected chi connectivity index (χ4v) is 2.82. The van der Waals surface area contributed by atoms with Gasteiger partial charge in [-0.25, -0.2) is 0 Å². The Morgan fingerprint density at radius 2 is 1.82 bits per heavy atom. The molecule has 1 N–H and O–H groups in total. The Kier molecular flexibility index (Phi) is 5.94. The molecule has 0 heterocycles. The highest BCUT2D eigenvalue weighted by Gasteiger charge is 2.28. The second-order valence-corrected chi connectivity index (χ2v) is 6.34. The first-order chi connectivity index (χ1) is 8.01. The van der Waals surface area contributed by atoms with Crippen LogP contribution in [0.25, 0.3) is 0 Å². The third-order valence-corrected chi connectivity index (χ3v) is 4.96. The third kappa shape index (κ3) is 4.26. The molecule has 0 radical (unpaired) electrons. The van der Waals surface area contributed by atoms with E-state index in [1.165, 1.54) is 45.1 Å². The number of rotatable bonds is 6. The fraction of sp³-hybridized carbons (Fsp3) is 1.00. The van der Waals surface area contributed by atoms with Gasteiger partial charge in [-0.2, -0.15) is 0 Å². The third-order valence-electron chi connectivity index (χ3n) is 4.96.